The number of amides is 1. The zero-order chi connectivity index (χ0) is 16.4. The monoisotopic (exact) mass is 393 g/mol. The van der Waals surface area contributed by atoms with Gasteiger partial charge in [-0.05, 0) is 64.5 Å². The van der Waals surface area contributed by atoms with Gasteiger partial charge in [0.25, 0.3) is 5.91 Å². The summed E-state index contributed by atoms with van der Waals surface area (Å²) in [6.45, 7) is 0.516. The summed E-state index contributed by atoms with van der Waals surface area (Å²) in [6.07, 6.45) is 0. The predicted molar refractivity (Wildman–Crippen MR) is 91.9 cm³/mol. The highest BCUT2D eigenvalue weighted by Gasteiger charge is 2.17. The number of carbonyl (C=O) groups excluding carboxylic acids is 1. The molecule has 3 nitrogen and oxygen atoms in total. The Kier molecular flexibility index (Phi) is 4.63. The number of hydrogen-bond acceptors (Lipinski definition) is 3. The van der Waals surface area contributed by atoms with Gasteiger partial charge in [-0.1, -0.05) is 0 Å². The van der Waals surface area contributed by atoms with Crippen LogP contribution < -0.4 is 0 Å². The van der Waals surface area contributed by atoms with Crippen molar-refractivity contribution in [3.63, 3.8) is 0 Å². The van der Waals surface area contributed by atoms with E-state index in [1.807, 2.05) is 12.1 Å². The molecular formula is C17H13BrFNO2S. The predicted octanol–water partition coefficient (Wildman–Crippen LogP) is 5.18. The molecule has 0 spiro atoms. The number of benzene rings is 1. The van der Waals surface area contributed by atoms with Crippen LogP contribution >= 0.6 is 27.3 Å². The van der Waals surface area contributed by atoms with E-state index in [-0.39, 0.29) is 17.5 Å². The third kappa shape index (κ3) is 3.71. The van der Waals surface area contributed by atoms with E-state index in [0.717, 1.165) is 14.2 Å². The molecule has 118 valence electrons. The molecule has 0 atom stereocenters. The maximum atomic E-state index is 13.0. The van der Waals surface area contributed by atoms with Crippen LogP contribution in [0.1, 0.15) is 15.4 Å². The number of rotatable bonds is 4. The fourth-order valence-electron chi connectivity index (χ4n) is 2.15. The van der Waals surface area contributed by atoms with Crippen molar-refractivity contribution < 1.29 is 13.6 Å². The van der Waals surface area contributed by atoms with Gasteiger partial charge >= 0.3 is 0 Å². The minimum Gasteiger partial charge on any atom is -0.451 e. The van der Waals surface area contributed by atoms with Crippen LogP contribution in [-0.2, 0) is 6.54 Å². The van der Waals surface area contributed by atoms with Crippen molar-refractivity contribution in [3.05, 3.63) is 68.8 Å². The summed E-state index contributed by atoms with van der Waals surface area (Å²) in [6, 6.07) is 13.3. The van der Waals surface area contributed by atoms with Gasteiger partial charge in [-0.25, -0.2) is 4.39 Å². The van der Waals surface area contributed by atoms with E-state index in [9.17, 15) is 9.18 Å². The van der Waals surface area contributed by atoms with Crippen LogP contribution in [0.2, 0.25) is 0 Å². The number of furan rings is 1. The summed E-state index contributed by atoms with van der Waals surface area (Å²) in [5.41, 5.74) is 0.732. The van der Waals surface area contributed by atoms with Gasteiger partial charge in [0.05, 0.1) is 10.3 Å². The van der Waals surface area contributed by atoms with E-state index >= 15 is 0 Å². The first-order chi connectivity index (χ1) is 11.0. The molecule has 3 rings (SSSR count). The first-order valence-corrected chi connectivity index (χ1v) is 8.49. The molecule has 1 aromatic carbocycles. The molecule has 0 saturated heterocycles. The molecule has 0 bridgehead atoms. The van der Waals surface area contributed by atoms with E-state index in [0.29, 0.717) is 12.3 Å². The molecule has 6 heteroatoms. The lowest BCUT2D eigenvalue weighted by Gasteiger charge is -2.14. The normalized spacial score (nSPS) is 10.7. The smallest absolute Gasteiger partial charge is 0.289 e. The molecule has 1 amide bonds. The maximum absolute atomic E-state index is 13.0. The lowest BCUT2D eigenvalue weighted by Crippen LogP contribution is -2.25. The average Bonchev–Trinajstić information content (AvgIpc) is 3.16. The van der Waals surface area contributed by atoms with Gasteiger partial charge in [0.15, 0.2) is 5.76 Å². The van der Waals surface area contributed by atoms with Crippen molar-refractivity contribution in [3.8, 4) is 11.3 Å². The molecule has 0 fully saturated rings. The zero-order valence-electron chi connectivity index (χ0n) is 12.3. The van der Waals surface area contributed by atoms with Gasteiger partial charge in [-0.2, -0.15) is 0 Å². The van der Waals surface area contributed by atoms with Crippen LogP contribution in [0.4, 0.5) is 4.39 Å². The summed E-state index contributed by atoms with van der Waals surface area (Å²) in [4.78, 5) is 15.1. The summed E-state index contributed by atoms with van der Waals surface area (Å²) in [5.74, 6) is 0.310. The Hall–Kier alpha value is -1.92. The van der Waals surface area contributed by atoms with Crippen LogP contribution in [0.5, 0.6) is 0 Å². The van der Waals surface area contributed by atoms with Crippen LogP contribution in [-0.4, -0.2) is 17.9 Å². The lowest BCUT2D eigenvalue weighted by molar-refractivity contribution is 0.0756. The molecule has 0 aliphatic heterocycles. The second-order valence-electron chi connectivity index (χ2n) is 5.04. The highest BCUT2D eigenvalue weighted by molar-refractivity contribution is 9.11. The molecule has 0 unspecified atom stereocenters. The average molecular weight is 394 g/mol. The SMILES string of the molecule is CN(Cc1ccc(Br)s1)C(=O)c1ccc(-c2ccc(F)cc2)o1. The zero-order valence-corrected chi connectivity index (χ0v) is 14.7. The molecule has 3 aromatic rings. The van der Waals surface area contributed by atoms with E-state index in [4.69, 9.17) is 4.42 Å². The van der Waals surface area contributed by atoms with Gasteiger partial charge in [0.1, 0.15) is 11.6 Å². The first kappa shape index (κ1) is 16.0. The standard InChI is InChI=1S/C17H13BrFNO2S/c1-20(10-13-6-9-16(18)23-13)17(21)15-8-7-14(22-15)11-2-4-12(19)5-3-11/h2-9H,10H2,1H3. The Morgan fingerprint density at radius 2 is 1.91 bits per heavy atom. The van der Waals surface area contributed by atoms with Gasteiger partial charge in [-0.3, -0.25) is 4.79 Å². The van der Waals surface area contributed by atoms with Crippen LogP contribution in [0.3, 0.4) is 0 Å². The van der Waals surface area contributed by atoms with Crippen LogP contribution in [0, 0.1) is 5.82 Å². The fraction of sp³-hybridized carbons (Fsp3) is 0.118. The Labute approximate surface area is 145 Å². The van der Waals surface area contributed by atoms with Gasteiger partial charge in [0.2, 0.25) is 0 Å². The minimum absolute atomic E-state index is 0.192. The molecule has 0 aliphatic carbocycles. The maximum Gasteiger partial charge on any atom is 0.289 e. The number of hydrogen-bond donors (Lipinski definition) is 0. The third-order valence-electron chi connectivity index (χ3n) is 3.31. The van der Waals surface area contributed by atoms with Crippen molar-refractivity contribution in [2.75, 3.05) is 7.05 Å². The van der Waals surface area contributed by atoms with E-state index in [1.54, 1.807) is 47.5 Å². The van der Waals surface area contributed by atoms with Crippen molar-refractivity contribution in [2.45, 2.75) is 6.54 Å². The quantitative estimate of drug-likeness (QED) is 0.611. The third-order valence-corrected chi connectivity index (χ3v) is 4.92. The van der Waals surface area contributed by atoms with E-state index in [1.165, 1.54) is 12.1 Å². The second kappa shape index (κ2) is 6.68. The van der Waals surface area contributed by atoms with Crippen molar-refractivity contribution in [2.24, 2.45) is 0 Å². The summed E-state index contributed by atoms with van der Waals surface area (Å²) >= 11 is 5.00. The molecular weight excluding hydrogens is 381 g/mol. The summed E-state index contributed by atoms with van der Waals surface area (Å²) < 4.78 is 19.6. The molecule has 0 aliphatic rings. The topological polar surface area (TPSA) is 33.5 Å². The fourth-order valence-corrected chi connectivity index (χ4v) is 3.69. The molecule has 0 radical (unpaired) electrons. The highest BCUT2D eigenvalue weighted by Crippen LogP contribution is 2.25. The van der Waals surface area contributed by atoms with Crippen LogP contribution in [0.15, 0.2) is 56.7 Å². The largest absolute Gasteiger partial charge is 0.451 e. The Bertz CT molecular complexity index is 825. The van der Waals surface area contributed by atoms with Gasteiger partial charge < -0.3 is 9.32 Å². The second-order valence-corrected chi connectivity index (χ2v) is 7.59. The molecule has 0 saturated carbocycles. The van der Waals surface area contributed by atoms with Crippen molar-refractivity contribution in [1.29, 1.82) is 0 Å². The molecule has 0 N–H and O–H groups in total. The lowest BCUT2D eigenvalue weighted by atomic mass is 10.2. The molecule has 23 heavy (non-hydrogen) atoms. The number of thiophene rings is 1. The number of nitrogens with zero attached hydrogens (tertiary/aromatic N) is 1. The van der Waals surface area contributed by atoms with Crippen molar-refractivity contribution in [1.82, 2.24) is 4.90 Å². The number of halogens is 2. The molecule has 2 aromatic heterocycles. The summed E-state index contributed by atoms with van der Waals surface area (Å²) in [5, 5.41) is 0. The Balaban J connectivity index is 1.74. The van der Waals surface area contributed by atoms with Crippen molar-refractivity contribution >= 4 is 33.2 Å². The minimum atomic E-state index is -0.307. The summed E-state index contributed by atoms with van der Waals surface area (Å²) in [7, 11) is 1.73. The van der Waals surface area contributed by atoms with Crippen LogP contribution in [0.25, 0.3) is 11.3 Å². The van der Waals surface area contributed by atoms with Gasteiger partial charge in [-0.15, -0.1) is 11.3 Å². The number of carbonyl (C=O) groups is 1. The Morgan fingerprint density at radius 3 is 2.57 bits per heavy atom. The van der Waals surface area contributed by atoms with E-state index in [2.05, 4.69) is 15.9 Å². The Morgan fingerprint density at radius 1 is 1.17 bits per heavy atom. The molecule has 2 heterocycles. The highest BCUT2D eigenvalue weighted by atomic mass is 79.9. The van der Waals surface area contributed by atoms with E-state index < -0.39 is 0 Å². The van der Waals surface area contributed by atoms with Gasteiger partial charge in [0, 0.05) is 17.5 Å². The first-order valence-electron chi connectivity index (χ1n) is 6.88.